The van der Waals surface area contributed by atoms with Crippen molar-refractivity contribution >= 4 is 13.1 Å². The predicted octanol–water partition coefficient (Wildman–Crippen LogP) is 2.99. The molecule has 0 aliphatic rings. The Morgan fingerprint density at radius 3 is 2.31 bits per heavy atom. The molecule has 0 radical (unpaired) electrons. The van der Waals surface area contributed by atoms with E-state index in [1.54, 1.807) is 20.8 Å². The SMILES string of the molecule is CCOP(=O)(OCC)C(=O)c1ccoc1C. The molecule has 0 aliphatic carbocycles. The molecule has 0 saturated carbocycles. The zero-order valence-electron chi connectivity index (χ0n) is 9.56. The van der Waals surface area contributed by atoms with Crippen molar-refractivity contribution in [1.82, 2.24) is 0 Å². The number of carbonyl (C=O) groups is 1. The summed E-state index contributed by atoms with van der Waals surface area (Å²) in [6.07, 6.45) is 1.37. The van der Waals surface area contributed by atoms with Crippen LogP contribution in [-0.2, 0) is 13.6 Å². The fourth-order valence-electron chi connectivity index (χ4n) is 1.25. The van der Waals surface area contributed by atoms with Crippen LogP contribution < -0.4 is 0 Å². The molecule has 16 heavy (non-hydrogen) atoms. The topological polar surface area (TPSA) is 65.7 Å². The summed E-state index contributed by atoms with van der Waals surface area (Å²) < 4.78 is 27.0. The van der Waals surface area contributed by atoms with Gasteiger partial charge in [-0.25, -0.2) is 0 Å². The molecule has 0 aromatic carbocycles. The van der Waals surface area contributed by atoms with Gasteiger partial charge >= 0.3 is 7.60 Å². The fourth-order valence-corrected chi connectivity index (χ4v) is 2.76. The van der Waals surface area contributed by atoms with Crippen molar-refractivity contribution < 1.29 is 22.8 Å². The van der Waals surface area contributed by atoms with E-state index in [1.165, 1.54) is 12.3 Å². The Labute approximate surface area is 94.3 Å². The Morgan fingerprint density at radius 2 is 1.94 bits per heavy atom. The fraction of sp³-hybridized carbons (Fsp3) is 0.500. The van der Waals surface area contributed by atoms with Crippen LogP contribution in [0.5, 0.6) is 0 Å². The first-order valence-electron chi connectivity index (χ1n) is 5.03. The Hall–Kier alpha value is -0.900. The van der Waals surface area contributed by atoms with Gasteiger partial charge in [0.15, 0.2) is 0 Å². The summed E-state index contributed by atoms with van der Waals surface area (Å²) in [5, 5.41) is 0. The van der Waals surface area contributed by atoms with Gasteiger partial charge in [-0.3, -0.25) is 9.36 Å². The lowest BCUT2D eigenvalue weighted by Gasteiger charge is -2.14. The number of hydrogen-bond donors (Lipinski definition) is 0. The standard InChI is InChI=1S/C10H15O5P/c1-4-14-16(12,15-5-2)10(11)9-6-7-13-8(9)3/h6-7H,4-5H2,1-3H3. The molecule has 5 nitrogen and oxygen atoms in total. The summed E-state index contributed by atoms with van der Waals surface area (Å²) in [6, 6.07) is 1.46. The van der Waals surface area contributed by atoms with Crippen LogP contribution >= 0.6 is 7.60 Å². The van der Waals surface area contributed by atoms with Crippen molar-refractivity contribution in [1.29, 1.82) is 0 Å². The Kier molecular flexibility index (Phi) is 4.47. The van der Waals surface area contributed by atoms with E-state index in [1.807, 2.05) is 0 Å². The second-order valence-corrected chi connectivity index (χ2v) is 4.95. The number of rotatable bonds is 6. The van der Waals surface area contributed by atoms with Gasteiger partial charge < -0.3 is 13.5 Å². The summed E-state index contributed by atoms with van der Waals surface area (Å²) in [5.41, 5.74) is -0.410. The van der Waals surface area contributed by atoms with E-state index in [0.717, 1.165) is 0 Å². The number of furan rings is 1. The van der Waals surface area contributed by atoms with Crippen LogP contribution in [0, 0.1) is 6.92 Å². The monoisotopic (exact) mass is 246 g/mol. The lowest BCUT2D eigenvalue weighted by molar-refractivity contribution is 0.0999. The molecule has 1 heterocycles. The van der Waals surface area contributed by atoms with Crippen LogP contribution in [0.1, 0.15) is 30.0 Å². The number of carbonyl (C=O) groups excluding carboxylic acids is 1. The maximum atomic E-state index is 12.1. The number of aryl methyl sites for hydroxylation is 1. The molecular formula is C10H15O5P. The minimum absolute atomic E-state index is 0.153. The summed E-state index contributed by atoms with van der Waals surface area (Å²) in [5.74, 6) is 0.407. The highest BCUT2D eigenvalue weighted by Gasteiger charge is 2.36. The lowest BCUT2D eigenvalue weighted by Crippen LogP contribution is -2.07. The van der Waals surface area contributed by atoms with Crippen molar-refractivity contribution in [2.24, 2.45) is 0 Å². The Bertz CT molecular complexity index is 399. The van der Waals surface area contributed by atoms with Crippen molar-refractivity contribution in [2.75, 3.05) is 13.2 Å². The van der Waals surface area contributed by atoms with Gasteiger partial charge in [0.2, 0.25) is 0 Å². The molecule has 0 fully saturated rings. The molecule has 1 aromatic heterocycles. The Morgan fingerprint density at radius 1 is 1.38 bits per heavy atom. The highest BCUT2D eigenvalue weighted by molar-refractivity contribution is 7.72. The second-order valence-electron chi connectivity index (χ2n) is 3.03. The first-order chi connectivity index (χ1) is 7.55. The zero-order chi connectivity index (χ0) is 12.2. The average Bonchev–Trinajstić information content (AvgIpc) is 2.64. The van der Waals surface area contributed by atoms with E-state index in [0.29, 0.717) is 5.76 Å². The second kappa shape index (κ2) is 5.43. The smallest absolute Gasteiger partial charge is 0.401 e. The number of hydrogen-bond acceptors (Lipinski definition) is 5. The highest BCUT2D eigenvalue weighted by Crippen LogP contribution is 2.51. The highest BCUT2D eigenvalue weighted by atomic mass is 31.2. The Balaban J connectivity index is 3.01. The summed E-state index contributed by atoms with van der Waals surface area (Å²) >= 11 is 0. The molecule has 0 bridgehead atoms. The normalized spacial score (nSPS) is 11.7. The van der Waals surface area contributed by atoms with Gasteiger partial charge in [-0.15, -0.1) is 0 Å². The molecule has 0 atom stereocenters. The van der Waals surface area contributed by atoms with E-state index in [2.05, 4.69) is 0 Å². The largest absolute Gasteiger partial charge is 0.469 e. The van der Waals surface area contributed by atoms with Gasteiger partial charge in [-0.05, 0) is 26.8 Å². The third-order valence-electron chi connectivity index (χ3n) is 1.94. The van der Waals surface area contributed by atoms with Crippen LogP contribution in [-0.4, -0.2) is 18.7 Å². The van der Waals surface area contributed by atoms with Crippen LogP contribution in [0.3, 0.4) is 0 Å². The molecule has 0 amide bonds. The first kappa shape index (κ1) is 13.2. The molecule has 0 aliphatic heterocycles. The molecular weight excluding hydrogens is 231 g/mol. The molecule has 0 saturated heterocycles. The molecule has 90 valence electrons. The molecule has 0 unspecified atom stereocenters. The van der Waals surface area contributed by atoms with E-state index in [-0.39, 0.29) is 18.8 Å². The third-order valence-corrected chi connectivity index (χ3v) is 3.87. The molecule has 0 N–H and O–H groups in total. The van der Waals surface area contributed by atoms with E-state index in [4.69, 9.17) is 13.5 Å². The summed E-state index contributed by atoms with van der Waals surface area (Å²) in [6.45, 7) is 5.23. The van der Waals surface area contributed by atoms with Gasteiger partial charge in [0.05, 0.1) is 25.0 Å². The van der Waals surface area contributed by atoms with E-state index in [9.17, 15) is 9.36 Å². The van der Waals surface area contributed by atoms with Crippen molar-refractivity contribution in [3.63, 3.8) is 0 Å². The molecule has 1 aromatic rings. The van der Waals surface area contributed by atoms with Crippen LogP contribution in [0.15, 0.2) is 16.7 Å². The lowest BCUT2D eigenvalue weighted by atomic mass is 10.3. The maximum absolute atomic E-state index is 12.1. The predicted molar refractivity (Wildman–Crippen MR) is 58.6 cm³/mol. The first-order valence-corrected chi connectivity index (χ1v) is 6.57. The van der Waals surface area contributed by atoms with Crippen molar-refractivity contribution in [3.05, 3.63) is 23.7 Å². The van der Waals surface area contributed by atoms with Crippen molar-refractivity contribution in [2.45, 2.75) is 20.8 Å². The minimum atomic E-state index is -3.72. The molecule has 0 spiro atoms. The molecule has 1 rings (SSSR count). The average molecular weight is 246 g/mol. The zero-order valence-corrected chi connectivity index (χ0v) is 10.5. The van der Waals surface area contributed by atoms with Crippen LogP contribution in [0.25, 0.3) is 0 Å². The van der Waals surface area contributed by atoms with E-state index < -0.39 is 13.1 Å². The van der Waals surface area contributed by atoms with Gasteiger partial charge in [0, 0.05) is 0 Å². The van der Waals surface area contributed by atoms with Gasteiger partial charge in [0.1, 0.15) is 5.76 Å². The van der Waals surface area contributed by atoms with E-state index >= 15 is 0 Å². The van der Waals surface area contributed by atoms with Gasteiger partial charge in [-0.2, -0.15) is 0 Å². The van der Waals surface area contributed by atoms with Crippen LogP contribution in [0.2, 0.25) is 0 Å². The van der Waals surface area contributed by atoms with Gasteiger partial charge in [0.25, 0.3) is 5.52 Å². The van der Waals surface area contributed by atoms with Crippen molar-refractivity contribution in [3.8, 4) is 0 Å². The summed E-state index contributed by atoms with van der Waals surface area (Å²) in [7, 11) is -3.72. The summed E-state index contributed by atoms with van der Waals surface area (Å²) in [4.78, 5) is 12.0. The minimum Gasteiger partial charge on any atom is -0.469 e. The molecule has 6 heteroatoms. The van der Waals surface area contributed by atoms with Gasteiger partial charge in [-0.1, -0.05) is 0 Å². The van der Waals surface area contributed by atoms with Crippen LogP contribution in [0.4, 0.5) is 0 Å². The maximum Gasteiger partial charge on any atom is 0.401 e. The third kappa shape index (κ3) is 2.61. The quantitative estimate of drug-likeness (QED) is 0.722.